The van der Waals surface area contributed by atoms with Crippen molar-refractivity contribution in [2.24, 2.45) is 0 Å². The first-order valence-corrected chi connectivity index (χ1v) is 10.5. The predicted molar refractivity (Wildman–Crippen MR) is 118 cm³/mol. The summed E-state index contributed by atoms with van der Waals surface area (Å²) >= 11 is 0. The normalized spacial score (nSPS) is 16.0. The highest BCUT2D eigenvalue weighted by atomic mass is 16.2. The van der Waals surface area contributed by atoms with Gasteiger partial charge in [-0.25, -0.2) is 0 Å². The smallest absolute Gasteiger partial charge is 0.274 e. The maximum Gasteiger partial charge on any atom is 0.274 e. The Balaban J connectivity index is 1.24. The van der Waals surface area contributed by atoms with E-state index in [-0.39, 0.29) is 5.91 Å². The average molecular weight is 399 g/mol. The molecule has 152 valence electrons. The van der Waals surface area contributed by atoms with Gasteiger partial charge in [0.1, 0.15) is 0 Å². The van der Waals surface area contributed by atoms with Gasteiger partial charge in [-0.15, -0.1) is 10.2 Å². The number of anilines is 3. The third-order valence-electron chi connectivity index (χ3n) is 5.97. The van der Waals surface area contributed by atoms with Gasteiger partial charge in [0, 0.05) is 44.1 Å². The molecule has 0 aliphatic carbocycles. The Kier molecular flexibility index (Phi) is 4.83. The topological polar surface area (TPSA) is 52.6 Å². The second kappa shape index (κ2) is 7.78. The predicted octanol–water partition coefficient (Wildman–Crippen LogP) is 3.44. The molecule has 1 fully saturated rings. The van der Waals surface area contributed by atoms with Crippen LogP contribution < -0.4 is 9.80 Å². The maximum absolute atomic E-state index is 12.9. The van der Waals surface area contributed by atoms with Crippen LogP contribution in [0.2, 0.25) is 0 Å². The molecule has 0 spiro atoms. The first-order chi connectivity index (χ1) is 14.7. The van der Waals surface area contributed by atoms with Crippen molar-refractivity contribution in [1.29, 1.82) is 0 Å². The van der Waals surface area contributed by atoms with E-state index in [0.717, 1.165) is 31.9 Å². The fraction of sp³-hybridized carbons (Fsp3) is 0.292. The number of carbonyl (C=O) groups is 1. The Morgan fingerprint density at radius 3 is 2.47 bits per heavy atom. The quantitative estimate of drug-likeness (QED) is 0.675. The number of aryl methyl sites for hydroxylation is 1. The molecule has 6 nitrogen and oxygen atoms in total. The Hall–Kier alpha value is -3.41. The molecule has 0 atom stereocenters. The van der Waals surface area contributed by atoms with Gasteiger partial charge in [0.25, 0.3) is 5.91 Å². The Morgan fingerprint density at radius 2 is 1.70 bits per heavy atom. The zero-order chi connectivity index (χ0) is 20.5. The molecule has 3 aromatic rings. The number of piperazine rings is 1. The molecule has 0 N–H and O–H groups in total. The second-order valence-electron chi connectivity index (χ2n) is 7.93. The lowest BCUT2D eigenvalue weighted by molar-refractivity contribution is 0.0739. The summed E-state index contributed by atoms with van der Waals surface area (Å²) in [6, 6.07) is 20.6. The average Bonchev–Trinajstić information content (AvgIpc) is 3.23. The molecule has 30 heavy (non-hydrogen) atoms. The van der Waals surface area contributed by atoms with Gasteiger partial charge in [-0.05, 0) is 54.8 Å². The number of hydrogen-bond acceptors (Lipinski definition) is 5. The highest BCUT2D eigenvalue weighted by molar-refractivity contribution is 5.92. The molecule has 1 amide bonds. The standard InChI is InChI=1S/C24H25N5O/c1-18-5-4-7-20(17-18)27-13-15-28(16-14-27)24(30)21-9-10-23(26-25-21)29-12-11-19-6-2-3-8-22(19)29/h2-10,17H,11-16H2,1H3. The van der Waals surface area contributed by atoms with Gasteiger partial charge in [0.05, 0.1) is 0 Å². The zero-order valence-electron chi connectivity index (χ0n) is 17.2. The molecule has 3 heterocycles. The van der Waals surface area contributed by atoms with Crippen molar-refractivity contribution in [3.05, 3.63) is 77.5 Å². The van der Waals surface area contributed by atoms with Crippen molar-refractivity contribution in [1.82, 2.24) is 15.1 Å². The van der Waals surface area contributed by atoms with E-state index in [4.69, 9.17) is 0 Å². The zero-order valence-corrected chi connectivity index (χ0v) is 17.2. The lowest BCUT2D eigenvalue weighted by Crippen LogP contribution is -2.49. The van der Waals surface area contributed by atoms with Crippen LogP contribution in [0.1, 0.15) is 21.6 Å². The second-order valence-corrected chi connectivity index (χ2v) is 7.93. The fourth-order valence-electron chi connectivity index (χ4n) is 4.31. The van der Waals surface area contributed by atoms with E-state index in [9.17, 15) is 4.79 Å². The first-order valence-electron chi connectivity index (χ1n) is 10.5. The van der Waals surface area contributed by atoms with Gasteiger partial charge in [-0.3, -0.25) is 4.79 Å². The van der Waals surface area contributed by atoms with E-state index in [1.807, 2.05) is 17.0 Å². The summed E-state index contributed by atoms with van der Waals surface area (Å²) in [5, 5.41) is 8.63. The minimum absolute atomic E-state index is 0.0419. The monoisotopic (exact) mass is 399 g/mol. The molecule has 1 saturated heterocycles. The molecule has 0 saturated carbocycles. The Bertz CT molecular complexity index is 1060. The third kappa shape index (κ3) is 3.49. The number of fused-ring (bicyclic) bond motifs is 1. The third-order valence-corrected chi connectivity index (χ3v) is 5.97. The van der Waals surface area contributed by atoms with Crippen molar-refractivity contribution in [2.75, 3.05) is 42.5 Å². The highest BCUT2D eigenvalue weighted by Gasteiger charge is 2.25. The lowest BCUT2D eigenvalue weighted by atomic mass is 10.2. The number of nitrogens with zero attached hydrogens (tertiary/aromatic N) is 5. The highest BCUT2D eigenvalue weighted by Crippen LogP contribution is 2.32. The van der Waals surface area contributed by atoms with Gasteiger partial charge in [0.2, 0.25) is 0 Å². The van der Waals surface area contributed by atoms with Gasteiger partial charge >= 0.3 is 0 Å². The largest absolute Gasteiger partial charge is 0.368 e. The van der Waals surface area contributed by atoms with Crippen molar-refractivity contribution >= 4 is 23.1 Å². The number of para-hydroxylation sites is 1. The Labute approximate surface area is 176 Å². The van der Waals surface area contributed by atoms with Crippen LogP contribution in [-0.2, 0) is 6.42 Å². The number of carbonyl (C=O) groups excluding carboxylic acids is 1. The van der Waals surface area contributed by atoms with E-state index in [1.54, 1.807) is 6.07 Å². The summed E-state index contributed by atoms with van der Waals surface area (Å²) in [7, 11) is 0. The van der Waals surface area contributed by atoms with Crippen LogP contribution in [0.4, 0.5) is 17.2 Å². The summed E-state index contributed by atoms with van der Waals surface area (Å²) in [6.07, 6.45) is 1.00. The van der Waals surface area contributed by atoms with Crippen molar-refractivity contribution < 1.29 is 4.79 Å². The molecule has 0 bridgehead atoms. The molecular weight excluding hydrogens is 374 g/mol. The summed E-state index contributed by atoms with van der Waals surface area (Å²) in [4.78, 5) is 19.3. The van der Waals surface area contributed by atoms with Gasteiger partial charge in [-0.1, -0.05) is 30.3 Å². The maximum atomic E-state index is 12.9. The molecule has 5 rings (SSSR count). The summed E-state index contributed by atoms with van der Waals surface area (Å²) in [5.41, 5.74) is 5.39. The number of aromatic nitrogens is 2. The number of rotatable bonds is 3. The van der Waals surface area contributed by atoms with Crippen molar-refractivity contribution in [2.45, 2.75) is 13.3 Å². The van der Waals surface area contributed by atoms with Gasteiger partial charge in [0.15, 0.2) is 11.5 Å². The van der Waals surface area contributed by atoms with E-state index >= 15 is 0 Å². The molecule has 6 heteroatoms. The molecule has 0 radical (unpaired) electrons. The van der Waals surface area contributed by atoms with Gasteiger partial charge < -0.3 is 14.7 Å². The summed E-state index contributed by atoms with van der Waals surface area (Å²) in [5.74, 6) is 0.750. The summed E-state index contributed by atoms with van der Waals surface area (Å²) < 4.78 is 0. The van der Waals surface area contributed by atoms with Crippen LogP contribution in [0.25, 0.3) is 0 Å². The lowest BCUT2D eigenvalue weighted by Gasteiger charge is -2.36. The minimum atomic E-state index is -0.0419. The summed E-state index contributed by atoms with van der Waals surface area (Å²) in [6.45, 7) is 6.02. The van der Waals surface area contributed by atoms with Crippen LogP contribution >= 0.6 is 0 Å². The van der Waals surface area contributed by atoms with E-state index in [2.05, 4.69) is 69.4 Å². The van der Waals surface area contributed by atoms with Crippen LogP contribution in [-0.4, -0.2) is 53.7 Å². The van der Waals surface area contributed by atoms with E-state index < -0.39 is 0 Å². The van der Waals surface area contributed by atoms with Crippen LogP contribution in [0.5, 0.6) is 0 Å². The molecule has 2 aliphatic rings. The Morgan fingerprint density at radius 1 is 0.867 bits per heavy atom. The number of hydrogen-bond donors (Lipinski definition) is 0. The van der Waals surface area contributed by atoms with Crippen molar-refractivity contribution in [3.8, 4) is 0 Å². The molecular formula is C24H25N5O. The molecule has 0 unspecified atom stereocenters. The van der Waals surface area contributed by atoms with Crippen molar-refractivity contribution in [3.63, 3.8) is 0 Å². The number of amides is 1. The van der Waals surface area contributed by atoms with Crippen LogP contribution in [0, 0.1) is 6.92 Å². The first kappa shape index (κ1) is 18.6. The number of benzene rings is 2. The minimum Gasteiger partial charge on any atom is -0.368 e. The SMILES string of the molecule is Cc1cccc(N2CCN(C(=O)c3ccc(N4CCc5ccccc54)nn3)CC2)c1. The molecule has 2 aliphatic heterocycles. The van der Waals surface area contributed by atoms with Gasteiger partial charge in [-0.2, -0.15) is 0 Å². The van der Waals surface area contributed by atoms with Crippen LogP contribution in [0.15, 0.2) is 60.7 Å². The van der Waals surface area contributed by atoms with Crippen LogP contribution in [0.3, 0.4) is 0 Å². The van der Waals surface area contributed by atoms with E-state index in [1.165, 1.54) is 22.5 Å². The molecule has 1 aromatic heterocycles. The van der Waals surface area contributed by atoms with E-state index in [0.29, 0.717) is 18.8 Å². The molecule has 2 aromatic carbocycles. The fourth-order valence-corrected chi connectivity index (χ4v) is 4.31.